The van der Waals surface area contributed by atoms with Crippen LogP contribution in [0.5, 0.6) is 0 Å². The second-order valence-corrected chi connectivity index (χ2v) is 6.87. The van der Waals surface area contributed by atoms with Crippen LogP contribution < -0.4 is 0 Å². The summed E-state index contributed by atoms with van der Waals surface area (Å²) in [7, 11) is 0. The number of hydrogen-bond donors (Lipinski definition) is 1. The van der Waals surface area contributed by atoms with Crippen molar-refractivity contribution in [3.05, 3.63) is 24.0 Å². The highest BCUT2D eigenvalue weighted by Crippen LogP contribution is 2.70. The number of aliphatic hydroxyl groups excluding tert-OH is 1. The molecule has 2 saturated carbocycles. The van der Waals surface area contributed by atoms with Crippen LogP contribution in [0.1, 0.15) is 26.7 Å². The second-order valence-electron chi connectivity index (χ2n) is 6.87. The molecule has 4 heteroatoms. The molecule has 1 N–H and O–H groups in total. The molecule has 2 spiro atoms. The largest absolute Gasteiger partial charge is 0.469 e. The third-order valence-electron chi connectivity index (χ3n) is 6.02. The lowest BCUT2D eigenvalue weighted by Gasteiger charge is -2.37. The Morgan fingerprint density at radius 3 is 2.95 bits per heavy atom. The lowest BCUT2D eigenvalue weighted by Crippen LogP contribution is -2.52. The first-order valence-corrected chi connectivity index (χ1v) is 6.75. The Hall–Kier alpha value is -1.13. The van der Waals surface area contributed by atoms with Gasteiger partial charge in [-0.25, -0.2) is 0 Å². The van der Waals surface area contributed by atoms with Gasteiger partial charge < -0.3 is 14.6 Å². The van der Waals surface area contributed by atoms with E-state index in [0.29, 0.717) is 18.6 Å². The van der Waals surface area contributed by atoms with Crippen molar-refractivity contribution in [3.8, 4) is 0 Å². The molecule has 0 aromatic rings. The van der Waals surface area contributed by atoms with Gasteiger partial charge in [-0.3, -0.25) is 4.79 Å². The summed E-state index contributed by atoms with van der Waals surface area (Å²) in [6.45, 7) is 8.48. The molecule has 1 saturated heterocycles. The molecule has 3 fully saturated rings. The van der Waals surface area contributed by atoms with Crippen LogP contribution in [0.3, 0.4) is 0 Å². The second kappa shape index (κ2) is 2.96. The number of aliphatic hydroxyl groups is 1. The highest BCUT2D eigenvalue weighted by atomic mass is 16.7. The van der Waals surface area contributed by atoms with Gasteiger partial charge in [0.15, 0.2) is 18.2 Å². The summed E-state index contributed by atoms with van der Waals surface area (Å²) in [6.07, 6.45) is 1.92. The molecule has 3 aliphatic carbocycles. The smallest absolute Gasteiger partial charge is 0.190 e. The topological polar surface area (TPSA) is 55.8 Å². The van der Waals surface area contributed by atoms with Crippen LogP contribution in [0.15, 0.2) is 24.0 Å². The number of hydrogen-bond acceptors (Lipinski definition) is 4. The number of ketones is 1. The standard InChI is InChI=1S/C15H18O4/c1-8-5-14-9(13(8,2)3)6-15(12(14)17)11(4-10(14)16)18-7-19-15/h4,9,12,17H,1,5-7H2,2-3H3. The molecule has 4 atom stereocenters. The van der Waals surface area contributed by atoms with Gasteiger partial charge in [0.25, 0.3) is 0 Å². The Morgan fingerprint density at radius 2 is 2.21 bits per heavy atom. The van der Waals surface area contributed by atoms with E-state index in [1.54, 1.807) is 6.08 Å². The minimum absolute atomic E-state index is 0.0228. The SMILES string of the molecule is C=C1CC23C(=O)C=C4OCOC4(CC2C1(C)C)C3O. The zero-order valence-corrected chi connectivity index (χ0v) is 11.2. The average molecular weight is 262 g/mol. The van der Waals surface area contributed by atoms with Crippen molar-refractivity contribution in [1.82, 2.24) is 0 Å². The normalized spacial score (nSPS) is 49.7. The average Bonchev–Trinajstić information content (AvgIpc) is 2.89. The molecule has 102 valence electrons. The van der Waals surface area contributed by atoms with Crippen molar-refractivity contribution in [2.24, 2.45) is 16.7 Å². The van der Waals surface area contributed by atoms with Crippen LogP contribution >= 0.6 is 0 Å². The molecule has 4 nitrogen and oxygen atoms in total. The first-order valence-electron chi connectivity index (χ1n) is 6.75. The van der Waals surface area contributed by atoms with E-state index in [-0.39, 0.29) is 23.9 Å². The van der Waals surface area contributed by atoms with Crippen LogP contribution in [0.2, 0.25) is 0 Å². The van der Waals surface area contributed by atoms with Crippen LogP contribution in [-0.2, 0) is 14.3 Å². The zero-order valence-electron chi connectivity index (χ0n) is 11.2. The minimum Gasteiger partial charge on any atom is -0.469 e. The van der Waals surface area contributed by atoms with Crippen molar-refractivity contribution >= 4 is 5.78 Å². The molecule has 0 amide bonds. The summed E-state index contributed by atoms with van der Waals surface area (Å²) in [6, 6.07) is 0. The van der Waals surface area contributed by atoms with Gasteiger partial charge in [-0.05, 0) is 24.2 Å². The highest BCUT2D eigenvalue weighted by molar-refractivity contribution is 5.99. The van der Waals surface area contributed by atoms with E-state index in [2.05, 4.69) is 20.4 Å². The summed E-state index contributed by atoms with van der Waals surface area (Å²) >= 11 is 0. The van der Waals surface area contributed by atoms with E-state index in [4.69, 9.17) is 9.47 Å². The fraction of sp³-hybridized carbons (Fsp3) is 0.667. The Labute approximate surface area is 112 Å². The van der Waals surface area contributed by atoms with E-state index in [0.717, 1.165) is 5.57 Å². The van der Waals surface area contributed by atoms with Gasteiger partial charge in [-0.1, -0.05) is 26.0 Å². The van der Waals surface area contributed by atoms with Gasteiger partial charge in [-0.15, -0.1) is 0 Å². The molecule has 2 bridgehead atoms. The van der Waals surface area contributed by atoms with Gasteiger partial charge in [-0.2, -0.15) is 0 Å². The van der Waals surface area contributed by atoms with Crippen LogP contribution in [-0.4, -0.2) is 29.4 Å². The van der Waals surface area contributed by atoms with E-state index >= 15 is 0 Å². The molecule has 0 radical (unpaired) electrons. The van der Waals surface area contributed by atoms with E-state index in [1.807, 2.05) is 0 Å². The molecule has 0 aromatic carbocycles. The molecule has 4 aliphatic rings. The molecule has 0 aromatic heterocycles. The molecule has 4 rings (SSSR count). The van der Waals surface area contributed by atoms with Gasteiger partial charge in [0.2, 0.25) is 0 Å². The van der Waals surface area contributed by atoms with Crippen molar-refractivity contribution in [2.75, 3.05) is 6.79 Å². The summed E-state index contributed by atoms with van der Waals surface area (Å²) in [5.74, 6) is 0.558. The van der Waals surface area contributed by atoms with Crippen LogP contribution in [0.4, 0.5) is 0 Å². The van der Waals surface area contributed by atoms with E-state index in [9.17, 15) is 9.90 Å². The monoisotopic (exact) mass is 262 g/mol. The third kappa shape index (κ3) is 0.974. The maximum atomic E-state index is 12.6. The predicted molar refractivity (Wildman–Crippen MR) is 66.9 cm³/mol. The van der Waals surface area contributed by atoms with Gasteiger partial charge >= 0.3 is 0 Å². The summed E-state index contributed by atoms with van der Waals surface area (Å²) in [5.41, 5.74) is -0.653. The number of carbonyl (C=O) groups excluding carboxylic acids is 1. The van der Waals surface area contributed by atoms with Gasteiger partial charge in [0.05, 0.1) is 5.41 Å². The lowest BCUT2D eigenvalue weighted by molar-refractivity contribution is -0.141. The number of rotatable bonds is 0. The van der Waals surface area contributed by atoms with Crippen LogP contribution in [0.25, 0.3) is 0 Å². The quantitative estimate of drug-likeness (QED) is 0.673. The molecule has 1 aliphatic heterocycles. The third-order valence-corrected chi connectivity index (χ3v) is 6.02. The predicted octanol–water partition coefficient (Wildman–Crippen LogP) is 1.55. The molecule has 19 heavy (non-hydrogen) atoms. The van der Waals surface area contributed by atoms with E-state index < -0.39 is 17.1 Å². The molecule has 4 unspecified atom stereocenters. The summed E-state index contributed by atoms with van der Waals surface area (Å²) in [4.78, 5) is 12.6. The fourth-order valence-corrected chi connectivity index (χ4v) is 4.73. The first kappa shape index (κ1) is 11.7. The Morgan fingerprint density at radius 1 is 1.47 bits per heavy atom. The Balaban J connectivity index is 1.96. The van der Waals surface area contributed by atoms with Gasteiger partial charge in [0.1, 0.15) is 11.9 Å². The van der Waals surface area contributed by atoms with Crippen LogP contribution in [0, 0.1) is 16.7 Å². The number of allylic oxidation sites excluding steroid dienone is 2. The van der Waals surface area contributed by atoms with Crippen molar-refractivity contribution in [2.45, 2.75) is 38.4 Å². The Kier molecular flexibility index (Phi) is 1.82. The van der Waals surface area contributed by atoms with Crippen molar-refractivity contribution < 1.29 is 19.4 Å². The zero-order chi connectivity index (χ0) is 13.6. The van der Waals surface area contributed by atoms with Crippen molar-refractivity contribution in [3.63, 3.8) is 0 Å². The maximum Gasteiger partial charge on any atom is 0.190 e. The molecular formula is C15H18O4. The number of ether oxygens (including phenoxy) is 2. The van der Waals surface area contributed by atoms with E-state index in [1.165, 1.54) is 0 Å². The fourth-order valence-electron chi connectivity index (χ4n) is 4.73. The Bertz CT molecular complexity index is 546. The molecular weight excluding hydrogens is 244 g/mol. The maximum absolute atomic E-state index is 12.6. The summed E-state index contributed by atoms with van der Waals surface area (Å²) in [5, 5.41) is 10.8. The lowest BCUT2D eigenvalue weighted by atomic mass is 9.68. The molecule has 1 heterocycles. The number of carbonyl (C=O) groups is 1. The van der Waals surface area contributed by atoms with Gasteiger partial charge in [0, 0.05) is 6.08 Å². The minimum atomic E-state index is -0.821. The van der Waals surface area contributed by atoms with Crippen molar-refractivity contribution in [1.29, 1.82) is 0 Å². The first-order chi connectivity index (χ1) is 8.85. The summed E-state index contributed by atoms with van der Waals surface area (Å²) < 4.78 is 11.1. The highest BCUT2D eigenvalue weighted by Gasteiger charge is 2.76.